The van der Waals surface area contributed by atoms with Gasteiger partial charge < -0.3 is 9.80 Å². The number of rotatable bonds is 6. The number of carbonyl (C=O) groups is 1. The second kappa shape index (κ2) is 9.89. The van der Waals surface area contributed by atoms with E-state index in [2.05, 4.69) is 36.9 Å². The molecule has 4 rings (SSSR count). The van der Waals surface area contributed by atoms with Crippen molar-refractivity contribution in [3.8, 4) is 0 Å². The molecule has 7 heteroatoms. The lowest BCUT2D eigenvalue weighted by atomic mass is 10.1. The van der Waals surface area contributed by atoms with Gasteiger partial charge in [-0.25, -0.2) is 8.42 Å². The highest BCUT2D eigenvalue weighted by Crippen LogP contribution is 2.26. The molecule has 0 aromatic heterocycles. The van der Waals surface area contributed by atoms with Crippen LogP contribution in [0.5, 0.6) is 0 Å². The number of aryl methyl sites for hydroxylation is 2. The molecule has 1 amide bonds. The molecule has 3 aromatic carbocycles. The van der Waals surface area contributed by atoms with E-state index >= 15 is 0 Å². The highest BCUT2D eigenvalue weighted by atomic mass is 32.2. The van der Waals surface area contributed by atoms with Crippen LogP contribution in [0.4, 0.5) is 11.4 Å². The Balaban J connectivity index is 1.52. The Bertz CT molecular complexity index is 1250. The molecule has 0 spiro atoms. The molecular formula is C27H31N3O3S. The number of carbonyl (C=O) groups excluding carboxylic acids is 1. The van der Waals surface area contributed by atoms with Crippen LogP contribution in [0.25, 0.3) is 0 Å². The number of hydrogen-bond donors (Lipinski definition) is 0. The van der Waals surface area contributed by atoms with E-state index in [1.807, 2.05) is 19.1 Å². The molecule has 3 aromatic rings. The monoisotopic (exact) mass is 477 g/mol. The smallest absolute Gasteiger partial charge is 0.264 e. The molecule has 1 aliphatic rings. The Morgan fingerprint density at radius 3 is 2.12 bits per heavy atom. The number of anilines is 2. The Morgan fingerprint density at radius 2 is 1.47 bits per heavy atom. The summed E-state index contributed by atoms with van der Waals surface area (Å²) < 4.78 is 28.2. The minimum atomic E-state index is -3.89. The number of benzene rings is 3. The van der Waals surface area contributed by atoms with Crippen molar-refractivity contribution >= 4 is 27.3 Å². The normalized spacial score (nSPS) is 14.2. The van der Waals surface area contributed by atoms with Crippen molar-refractivity contribution in [2.24, 2.45) is 0 Å². The van der Waals surface area contributed by atoms with Crippen LogP contribution < -0.4 is 9.21 Å². The average molecular weight is 478 g/mol. The van der Waals surface area contributed by atoms with Crippen molar-refractivity contribution in [1.29, 1.82) is 0 Å². The van der Waals surface area contributed by atoms with E-state index in [4.69, 9.17) is 0 Å². The van der Waals surface area contributed by atoms with Gasteiger partial charge in [0.05, 0.1) is 10.6 Å². The van der Waals surface area contributed by atoms with Gasteiger partial charge in [0.25, 0.3) is 10.0 Å². The van der Waals surface area contributed by atoms with E-state index in [1.54, 1.807) is 47.4 Å². The van der Waals surface area contributed by atoms with Gasteiger partial charge in [-0.05, 0) is 62.2 Å². The van der Waals surface area contributed by atoms with Crippen LogP contribution in [0.2, 0.25) is 0 Å². The molecular weight excluding hydrogens is 446 g/mol. The summed E-state index contributed by atoms with van der Waals surface area (Å²) in [5.74, 6) is -0.194. The highest BCUT2D eigenvalue weighted by Gasteiger charge is 2.30. The summed E-state index contributed by atoms with van der Waals surface area (Å²) in [6.45, 7) is 8.47. The van der Waals surface area contributed by atoms with Gasteiger partial charge in [0.1, 0.15) is 6.54 Å². The first kappa shape index (κ1) is 23.8. The van der Waals surface area contributed by atoms with Crippen LogP contribution in [0.3, 0.4) is 0 Å². The van der Waals surface area contributed by atoms with Crippen molar-refractivity contribution in [2.45, 2.75) is 25.7 Å². The van der Waals surface area contributed by atoms with Crippen molar-refractivity contribution in [3.63, 3.8) is 0 Å². The lowest BCUT2D eigenvalue weighted by Crippen LogP contribution is -2.52. The number of amides is 1. The van der Waals surface area contributed by atoms with E-state index in [1.165, 1.54) is 21.1 Å². The van der Waals surface area contributed by atoms with Gasteiger partial charge in [0.15, 0.2) is 0 Å². The minimum absolute atomic E-state index is 0.170. The fraction of sp³-hybridized carbons (Fsp3) is 0.296. The number of nitrogens with zero attached hydrogens (tertiary/aromatic N) is 3. The molecule has 1 heterocycles. The molecule has 6 nitrogen and oxygen atoms in total. The molecule has 34 heavy (non-hydrogen) atoms. The zero-order valence-corrected chi connectivity index (χ0v) is 20.8. The van der Waals surface area contributed by atoms with E-state index in [-0.39, 0.29) is 17.3 Å². The summed E-state index contributed by atoms with van der Waals surface area (Å²) in [7, 11) is -3.89. The average Bonchev–Trinajstić information content (AvgIpc) is 2.85. The van der Waals surface area contributed by atoms with Gasteiger partial charge in [0, 0.05) is 31.9 Å². The Morgan fingerprint density at radius 1 is 0.824 bits per heavy atom. The molecule has 0 aliphatic carbocycles. The van der Waals surface area contributed by atoms with Gasteiger partial charge in [0.2, 0.25) is 5.91 Å². The fourth-order valence-corrected chi connectivity index (χ4v) is 5.68. The van der Waals surface area contributed by atoms with Crippen molar-refractivity contribution < 1.29 is 13.2 Å². The zero-order chi connectivity index (χ0) is 24.3. The lowest BCUT2D eigenvalue weighted by molar-refractivity contribution is -0.129. The van der Waals surface area contributed by atoms with Gasteiger partial charge in [-0.15, -0.1) is 0 Å². The summed E-state index contributed by atoms with van der Waals surface area (Å²) in [5.41, 5.74) is 5.20. The first-order valence-electron chi connectivity index (χ1n) is 11.5. The van der Waals surface area contributed by atoms with Crippen LogP contribution in [-0.2, 0) is 14.8 Å². The second-order valence-electron chi connectivity index (χ2n) is 8.75. The van der Waals surface area contributed by atoms with Crippen LogP contribution in [0.15, 0.2) is 77.7 Å². The van der Waals surface area contributed by atoms with Crippen LogP contribution in [0, 0.1) is 20.8 Å². The number of piperazine rings is 1. The zero-order valence-electron chi connectivity index (χ0n) is 19.9. The fourth-order valence-electron chi connectivity index (χ4n) is 4.24. The highest BCUT2D eigenvalue weighted by molar-refractivity contribution is 7.92. The maximum atomic E-state index is 13.5. The summed E-state index contributed by atoms with van der Waals surface area (Å²) in [6.07, 6.45) is 0. The van der Waals surface area contributed by atoms with E-state index in [9.17, 15) is 13.2 Å². The summed E-state index contributed by atoms with van der Waals surface area (Å²) in [6, 6.07) is 21.8. The Hall–Kier alpha value is -3.32. The molecule has 0 bridgehead atoms. The van der Waals surface area contributed by atoms with Crippen LogP contribution >= 0.6 is 0 Å². The topological polar surface area (TPSA) is 60.9 Å². The maximum Gasteiger partial charge on any atom is 0.264 e. The first-order valence-corrected chi connectivity index (χ1v) is 12.9. The standard InChI is InChI=1S/C27H31N3O3S/c1-21-12-14-24(15-13-21)30(34(32,33)25-9-5-4-6-10-25)20-27(31)29-18-16-28(17-19-29)26-11-7-8-22(2)23(26)3/h4-15H,16-20H2,1-3H3. The second-order valence-corrected chi connectivity index (χ2v) is 10.6. The van der Waals surface area contributed by atoms with Crippen LogP contribution in [-0.4, -0.2) is 51.9 Å². The van der Waals surface area contributed by atoms with E-state index in [0.29, 0.717) is 31.9 Å². The van der Waals surface area contributed by atoms with E-state index < -0.39 is 10.0 Å². The quantitative estimate of drug-likeness (QED) is 0.535. The molecule has 0 unspecified atom stereocenters. The maximum absolute atomic E-state index is 13.5. The predicted octanol–water partition coefficient (Wildman–Crippen LogP) is 4.16. The summed E-state index contributed by atoms with van der Waals surface area (Å²) in [4.78, 5) is 17.5. The molecule has 1 aliphatic heterocycles. The molecule has 0 saturated carbocycles. The van der Waals surface area contributed by atoms with Crippen LogP contribution in [0.1, 0.15) is 16.7 Å². The molecule has 0 atom stereocenters. The third-order valence-electron chi connectivity index (χ3n) is 6.48. The van der Waals surface area contributed by atoms with E-state index in [0.717, 1.165) is 5.56 Å². The first-order chi connectivity index (χ1) is 16.3. The predicted molar refractivity (Wildman–Crippen MR) is 137 cm³/mol. The molecule has 1 saturated heterocycles. The summed E-state index contributed by atoms with van der Waals surface area (Å²) in [5, 5.41) is 0. The SMILES string of the molecule is Cc1ccc(N(CC(=O)N2CCN(c3cccc(C)c3C)CC2)S(=O)(=O)c2ccccc2)cc1. The number of sulfonamides is 1. The molecule has 1 fully saturated rings. The van der Waals surface area contributed by atoms with Gasteiger partial charge in [-0.3, -0.25) is 9.10 Å². The van der Waals surface area contributed by atoms with Gasteiger partial charge >= 0.3 is 0 Å². The minimum Gasteiger partial charge on any atom is -0.368 e. The largest absolute Gasteiger partial charge is 0.368 e. The third kappa shape index (κ3) is 4.94. The van der Waals surface area contributed by atoms with Crippen molar-refractivity contribution in [3.05, 3.63) is 89.5 Å². The van der Waals surface area contributed by atoms with Crippen molar-refractivity contribution in [2.75, 3.05) is 41.9 Å². The van der Waals surface area contributed by atoms with Gasteiger partial charge in [-0.1, -0.05) is 48.0 Å². The summed E-state index contributed by atoms with van der Waals surface area (Å²) >= 11 is 0. The third-order valence-corrected chi connectivity index (χ3v) is 8.27. The molecule has 178 valence electrons. The Kier molecular flexibility index (Phi) is 6.93. The number of hydrogen-bond acceptors (Lipinski definition) is 4. The molecule has 0 N–H and O–H groups in total. The Labute approximate surface area is 202 Å². The lowest BCUT2D eigenvalue weighted by Gasteiger charge is -2.38. The van der Waals surface area contributed by atoms with Crippen molar-refractivity contribution in [1.82, 2.24) is 4.90 Å². The molecule has 0 radical (unpaired) electrons. The van der Waals surface area contributed by atoms with Gasteiger partial charge in [-0.2, -0.15) is 0 Å².